The zero-order valence-corrected chi connectivity index (χ0v) is 25.3. The van der Waals surface area contributed by atoms with Crippen LogP contribution in [0, 0.1) is 5.82 Å². The normalized spacial score (nSPS) is 11.9. The molecule has 0 aliphatic rings. The van der Waals surface area contributed by atoms with Crippen molar-refractivity contribution in [2.24, 2.45) is 0 Å². The second-order valence-corrected chi connectivity index (χ2v) is 12.2. The number of amides is 2. The van der Waals surface area contributed by atoms with E-state index in [1.807, 2.05) is 37.3 Å². The Morgan fingerprint density at radius 2 is 1.47 bits per heavy atom. The average Bonchev–Trinajstić information content (AvgIpc) is 3.02. The van der Waals surface area contributed by atoms with Crippen molar-refractivity contribution in [2.75, 3.05) is 17.4 Å². The van der Waals surface area contributed by atoms with Crippen LogP contribution in [0.1, 0.15) is 24.5 Å². The number of nitrogens with one attached hydrogen (secondary N) is 1. The van der Waals surface area contributed by atoms with Crippen LogP contribution < -0.4 is 9.62 Å². The van der Waals surface area contributed by atoms with Crippen LogP contribution in [-0.4, -0.2) is 44.3 Å². The number of benzene rings is 4. The average molecular weight is 622 g/mol. The monoisotopic (exact) mass is 621 g/mol. The van der Waals surface area contributed by atoms with E-state index in [0.29, 0.717) is 23.6 Å². The first kappa shape index (κ1) is 31.7. The maximum Gasteiger partial charge on any atom is 0.264 e. The molecule has 1 unspecified atom stereocenters. The molecule has 0 fully saturated rings. The van der Waals surface area contributed by atoms with Gasteiger partial charge in [-0.05, 0) is 60.0 Å². The van der Waals surface area contributed by atoms with Crippen LogP contribution in [0.3, 0.4) is 0 Å². The number of halogens is 2. The van der Waals surface area contributed by atoms with Crippen LogP contribution in [0.15, 0.2) is 114 Å². The van der Waals surface area contributed by atoms with Crippen molar-refractivity contribution in [1.82, 2.24) is 10.2 Å². The Bertz CT molecular complexity index is 1620. The van der Waals surface area contributed by atoms with Crippen molar-refractivity contribution in [2.45, 2.75) is 37.2 Å². The Kier molecular flexibility index (Phi) is 10.9. The standard InChI is InChI=1S/C33H33ClFN3O4S/c1-2-21-36-33(40)31(22-25-11-5-3-6-12-25)37(23-26-13-9-10-16-30(26)34)32(39)24-38(28-19-17-27(35)18-20-28)43(41,42)29-14-7-4-8-15-29/h3-20,31H,2,21-24H2,1H3,(H,36,40). The van der Waals surface area contributed by atoms with E-state index < -0.39 is 34.3 Å². The Labute approximate surface area is 257 Å². The number of sulfonamides is 1. The Hall–Kier alpha value is -4.21. The third-order valence-electron chi connectivity index (χ3n) is 6.84. The van der Waals surface area contributed by atoms with Crippen LogP contribution in [0.2, 0.25) is 5.02 Å². The number of carbonyl (C=O) groups is 2. The summed E-state index contributed by atoms with van der Waals surface area (Å²) in [5.41, 5.74) is 1.52. The van der Waals surface area contributed by atoms with Crippen molar-refractivity contribution < 1.29 is 22.4 Å². The molecule has 0 radical (unpaired) electrons. The summed E-state index contributed by atoms with van der Waals surface area (Å²) in [6.07, 6.45) is 0.879. The highest BCUT2D eigenvalue weighted by Crippen LogP contribution is 2.26. The summed E-state index contributed by atoms with van der Waals surface area (Å²) in [6.45, 7) is 1.65. The lowest BCUT2D eigenvalue weighted by Gasteiger charge is -2.34. The number of rotatable bonds is 13. The molecule has 0 saturated carbocycles. The highest BCUT2D eigenvalue weighted by Gasteiger charge is 2.34. The van der Waals surface area contributed by atoms with Gasteiger partial charge < -0.3 is 10.2 Å². The zero-order chi connectivity index (χ0) is 30.8. The van der Waals surface area contributed by atoms with E-state index in [-0.39, 0.29) is 29.5 Å². The minimum Gasteiger partial charge on any atom is -0.354 e. The minimum atomic E-state index is -4.26. The van der Waals surface area contributed by atoms with Gasteiger partial charge in [-0.2, -0.15) is 0 Å². The molecule has 4 aromatic carbocycles. The molecule has 2 amide bonds. The van der Waals surface area contributed by atoms with Gasteiger partial charge in [-0.3, -0.25) is 13.9 Å². The summed E-state index contributed by atoms with van der Waals surface area (Å²) in [7, 11) is -4.26. The third kappa shape index (κ3) is 8.21. The molecule has 0 saturated heterocycles. The summed E-state index contributed by atoms with van der Waals surface area (Å²) in [4.78, 5) is 29.3. The molecule has 1 N–H and O–H groups in total. The van der Waals surface area contributed by atoms with E-state index in [9.17, 15) is 22.4 Å². The SMILES string of the molecule is CCCNC(=O)C(Cc1ccccc1)N(Cc1ccccc1Cl)C(=O)CN(c1ccc(F)cc1)S(=O)(=O)c1ccccc1. The lowest BCUT2D eigenvalue weighted by molar-refractivity contribution is -0.140. The molecule has 0 aromatic heterocycles. The van der Waals surface area contributed by atoms with E-state index in [2.05, 4.69) is 5.32 Å². The van der Waals surface area contributed by atoms with Gasteiger partial charge in [0.15, 0.2) is 0 Å². The summed E-state index contributed by atoms with van der Waals surface area (Å²) in [6, 6.07) is 27.8. The fourth-order valence-corrected chi connectivity index (χ4v) is 6.22. The minimum absolute atomic E-state index is 0.0358. The van der Waals surface area contributed by atoms with Crippen molar-refractivity contribution in [3.8, 4) is 0 Å². The van der Waals surface area contributed by atoms with Gasteiger partial charge in [-0.15, -0.1) is 0 Å². The molecule has 0 bridgehead atoms. The molecule has 1 atom stereocenters. The molecule has 224 valence electrons. The second kappa shape index (κ2) is 14.8. The third-order valence-corrected chi connectivity index (χ3v) is 9.00. The molecular weight excluding hydrogens is 589 g/mol. The van der Waals surface area contributed by atoms with Crippen molar-refractivity contribution in [1.29, 1.82) is 0 Å². The summed E-state index contributed by atoms with van der Waals surface area (Å²) in [5, 5.41) is 3.30. The van der Waals surface area contributed by atoms with Gasteiger partial charge in [0.25, 0.3) is 10.0 Å². The van der Waals surface area contributed by atoms with E-state index in [1.54, 1.807) is 42.5 Å². The van der Waals surface area contributed by atoms with Crippen LogP contribution in [0.4, 0.5) is 10.1 Å². The van der Waals surface area contributed by atoms with Crippen molar-refractivity contribution >= 4 is 39.1 Å². The predicted octanol–water partition coefficient (Wildman–Crippen LogP) is 5.84. The molecule has 0 aliphatic carbocycles. The number of nitrogens with zero attached hydrogens (tertiary/aromatic N) is 2. The summed E-state index contributed by atoms with van der Waals surface area (Å²) < 4.78 is 42.6. The fourth-order valence-electron chi connectivity index (χ4n) is 4.59. The first-order valence-electron chi connectivity index (χ1n) is 13.9. The molecule has 0 spiro atoms. The summed E-state index contributed by atoms with van der Waals surface area (Å²) >= 11 is 6.49. The molecule has 4 aromatic rings. The quantitative estimate of drug-likeness (QED) is 0.203. The molecule has 43 heavy (non-hydrogen) atoms. The first-order chi connectivity index (χ1) is 20.7. The zero-order valence-electron chi connectivity index (χ0n) is 23.7. The molecule has 0 aliphatic heterocycles. The van der Waals surface area contributed by atoms with E-state index in [0.717, 1.165) is 22.0 Å². The number of carbonyl (C=O) groups excluding carboxylic acids is 2. The van der Waals surface area contributed by atoms with Crippen molar-refractivity contribution in [3.05, 3.63) is 131 Å². The maximum atomic E-state index is 14.3. The smallest absolute Gasteiger partial charge is 0.264 e. The van der Waals surface area contributed by atoms with Gasteiger partial charge in [0.2, 0.25) is 11.8 Å². The lowest BCUT2D eigenvalue weighted by Crippen LogP contribution is -2.53. The summed E-state index contributed by atoms with van der Waals surface area (Å²) in [5.74, 6) is -1.55. The van der Waals surface area contributed by atoms with E-state index in [4.69, 9.17) is 11.6 Å². The lowest BCUT2D eigenvalue weighted by atomic mass is 10.0. The molecule has 10 heteroatoms. The van der Waals surface area contributed by atoms with Gasteiger partial charge in [0.1, 0.15) is 18.4 Å². The van der Waals surface area contributed by atoms with Gasteiger partial charge >= 0.3 is 0 Å². The highest BCUT2D eigenvalue weighted by atomic mass is 35.5. The fraction of sp³-hybridized carbons (Fsp3) is 0.212. The maximum absolute atomic E-state index is 14.3. The van der Waals surface area contributed by atoms with Crippen LogP contribution >= 0.6 is 11.6 Å². The molecule has 4 rings (SSSR count). The number of anilines is 1. The molecule has 7 nitrogen and oxygen atoms in total. The Morgan fingerprint density at radius 1 is 0.860 bits per heavy atom. The predicted molar refractivity (Wildman–Crippen MR) is 167 cm³/mol. The topological polar surface area (TPSA) is 86.8 Å². The molecular formula is C33H33ClFN3O4S. The van der Waals surface area contributed by atoms with E-state index >= 15 is 0 Å². The van der Waals surface area contributed by atoms with Gasteiger partial charge in [0.05, 0.1) is 10.6 Å². The highest BCUT2D eigenvalue weighted by molar-refractivity contribution is 7.92. The first-order valence-corrected chi connectivity index (χ1v) is 15.7. The van der Waals surface area contributed by atoms with Crippen LogP contribution in [0.5, 0.6) is 0 Å². The van der Waals surface area contributed by atoms with Gasteiger partial charge in [0, 0.05) is 24.5 Å². The number of hydrogen-bond acceptors (Lipinski definition) is 4. The van der Waals surface area contributed by atoms with Crippen LogP contribution in [0.25, 0.3) is 0 Å². The van der Waals surface area contributed by atoms with Gasteiger partial charge in [-0.1, -0.05) is 85.3 Å². The Morgan fingerprint density at radius 3 is 2.09 bits per heavy atom. The van der Waals surface area contributed by atoms with E-state index in [1.165, 1.54) is 29.2 Å². The largest absolute Gasteiger partial charge is 0.354 e. The van der Waals surface area contributed by atoms with Crippen LogP contribution in [-0.2, 0) is 32.6 Å². The number of hydrogen-bond donors (Lipinski definition) is 1. The Balaban J connectivity index is 1.79. The molecule has 0 heterocycles. The second-order valence-electron chi connectivity index (χ2n) is 9.91. The van der Waals surface area contributed by atoms with Crippen molar-refractivity contribution in [3.63, 3.8) is 0 Å². The van der Waals surface area contributed by atoms with Gasteiger partial charge in [-0.25, -0.2) is 12.8 Å².